The van der Waals surface area contributed by atoms with Crippen molar-refractivity contribution >= 4 is 49.4 Å². The predicted molar refractivity (Wildman–Crippen MR) is 293 cm³/mol. The smallest absolute Gasteiger partial charge is 0.159 e. The summed E-state index contributed by atoms with van der Waals surface area (Å²) in [6.45, 7) is 24.0. The zero-order valence-corrected chi connectivity index (χ0v) is 47.1. The van der Waals surface area contributed by atoms with Crippen LogP contribution in [0.4, 0.5) is 4.39 Å². The van der Waals surface area contributed by atoms with Crippen molar-refractivity contribution in [3.8, 4) is 22.5 Å². The molecule has 10 rings (SSSR count). The van der Waals surface area contributed by atoms with Gasteiger partial charge in [0.05, 0.1) is 16.9 Å². The maximum Gasteiger partial charge on any atom is 0.159 e. The molecule has 4 heterocycles. The van der Waals surface area contributed by atoms with Gasteiger partial charge in [0.25, 0.3) is 0 Å². The molecule has 1 saturated heterocycles. The number of hydrogen-bond acceptors (Lipinski definition) is 7. The first-order valence-electron chi connectivity index (χ1n) is 25.9. The molecule has 8 aromatic rings. The van der Waals surface area contributed by atoms with E-state index < -0.39 is 0 Å². The first-order valence-corrected chi connectivity index (χ1v) is 25.9. The van der Waals surface area contributed by atoms with Crippen LogP contribution < -0.4 is 0 Å². The number of ether oxygens (including phenoxy) is 1. The van der Waals surface area contributed by atoms with Crippen LogP contribution in [-0.2, 0) is 29.6 Å². The van der Waals surface area contributed by atoms with Crippen molar-refractivity contribution in [3.63, 3.8) is 0 Å². The Labute approximate surface area is 445 Å². The molecular weight excluding hydrogens is 1090 g/mol. The number of carbonyl (C=O) groups excluding carboxylic acids is 1. The molecule has 2 aliphatic rings. The first-order chi connectivity index (χ1) is 34.2. The second-order valence-corrected chi connectivity index (χ2v) is 22.9. The summed E-state index contributed by atoms with van der Waals surface area (Å²) in [4.78, 5) is 25.7. The molecule has 9 heteroatoms. The van der Waals surface area contributed by atoms with Crippen molar-refractivity contribution in [1.29, 1.82) is 0 Å². The Balaban J connectivity index is 0.000000172. The topological polar surface area (TPSA) is 98.3 Å². The van der Waals surface area contributed by atoms with Crippen LogP contribution in [0, 0.1) is 49.6 Å². The fourth-order valence-electron chi connectivity index (χ4n) is 10.4. The van der Waals surface area contributed by atoms with Crippen LogP contribution >= 0.6 is 0 Å². The van der Waals surface area contributed by atoms with Gasteiger partial charge in [0, 0.05) is 63.8 Å². The van der Waals surface area contributed by atoms with Gasteiger partial charge in [-0.25, -0.2) is 9.37 Å². The molecule has 1 saturated carbocycles. The van der Waals surface area contributed by atoms with Crippen molar-refractivity contribution in [2.75, 3.05) is 13.2 Å². The number of aliphatic hydroxyl groups is 1. The van der Waals surface area contributed by atoms with E-state index in [2.05, 4.69) is 82.3 Å². The second-order valence-electron chi connectivity index (χ2n) is 22.9. The third-order valence-corrected chi connectivity index (χ3v) is 13.6. The normalized spacial score (nSPS) is 14.8. The number of aryl methyl sites for hydroxylation is 3. The van der Waals surface area contributed by atoms with E-state index in [-0.39, 0.29) is 60.1 Å². The van der Waals surface area contributed by atoms with E-state index in [1.165, 1.54) is 42.9 Å². The van der Waals surface area contributed by atoms with Gasteiger partial charge in [0.1, 0.15) is 17.2 Å². The van der Waals surface area contributed by atoms with Crippen molar-refractivity contribution in [1.82, 2.24) is 15.0 Å². The summed E-state index contributed by atoms with van der Waals surface area (Å²) in [5, 5.41) is 14.6. The Morgan fingerprint density at radius 1 is 0.781 bits per heavy atom. The number of para-hydroxylation sites is 1. The van der Waals surface area contributed by atoms with E-state index in [0.717, 1.165) is 95.8 Å². The van der Waals surface area contributed by atoms with Gasteiger partial charge in [0.15, 0.2) is 5.78 Å². The predicted octanol–water partition coefficient (Wildman–Crippen LogP) is 17.3. The molecule has 0 bridgehead atoms. The van der Waals surface area contributed by atoms with Crippen LogP contribution in [0.15, 0.2) is 101 Å². The van der Waals surface area contributed by atoms with E-state index in [4.69, 9.17) is 24.1 Å². The van der Waals surface area contributed by atoms with Crippen LogP contribution in [-0.4, -0.2) is 39.1 Å². The number of ketones is 1. The Bertz CT molecular complexity index is 3250. The Morgan fingerprint density at radius 3 is 2.18 bits per heavy atom. The molecule has 1 aliphatic heterocycles. The molecule has 385 valence electrons. The molecule has 0 atom stereocenters. The van der Waals surface area contributed by atoms with Gasteiger partial charge in [-0.3, -0.25) is 9.78 Å². The van der Waals surface area contributed by atoms with Gasteiger partial charge in [-0.05, 0) is 130 Å². The molecule has 0 unspecified atom stereocenters. The maximum atomic E-state index is 15.4. The first kappa shape index (κ1) is 55.2. The van der Waals surface area contributed by atoms with Crippen molar-refractivity contribution in [2.24, 2.45) is 10.8 Å². The average molecular weight is 1160 g/mol. The molecule has 1 radical (unpaired) electrons. The molecule has 2 fully saturated rings. The average Bonchev–Trinajstić information content (AvgIpc) is 3.99. The quantitative estimate of drug-likeness (QED) is 0.0919. The number of aromatic nitrogens is 3. The monoisotopic (exact) mass is 1160 g/mol. The number of benzene rings is 5. The molecule has 1 aliphatic carbocycles. The third-order valence-electron chi connectivity index (χ3n) is 13.6. The van der Waals surface area contributed by atoms with Crippen LogP contribution in [0.1, 0.15) is 158 Å². The van der Waals surface area contributed by atoms with Gasteiger partial charge < -0.3 is 19.2 Å². The largest absolute Gasteiger partial charge is 0.512 e. The van der Waals surface area contributed by atoms with Gasteiger partial charge >= 0.3 is 0 Å². The van der Waals surface area contributed by atoms with E-state index in [9.17, 15) is 9.90 Å². The molecule has 5 aromatic carbocycles. The van der Waals surface area contributed by atoms with E-state index in [1.54, 1.807) is 12.3 Å². The number of pyridine rings is 1. The Kier molecular flexibility index (Phi) is 17.6. The minimum atomic E-state index is -0.176. The Morgan fingerprint density at radius 2 is 1.49 bits per heavy atom. The summed E-state index contributed by atoms with van der Waals surface area (Å²) in [6.07, 6.45) is 11.2. The summed E-state index contributed by atoms with van der Waals surface area (Å²) in [5.41, 5.74) is 11.9. The summed E-state index contributed by atoms with van der Waals surface area (Å²) in [7, 11) is 0. The minimum Gasteiger partial charge on any atom is -0.512 e. The number of aliphatic hydroxyl groups excluding tert-OH is 1. The summed E-state index contributed by atoms with van der Waals surface area (Å²) >= 11 is 0. The molecule has 73 heavy (non-hydrogen) atoms. The molecule has 7 nitrogen and oxygen atoms in total. The van der Waals surface area contributed by atoms with Crippen LogP contribution in [0.25, 0.3) is 66.1 Å². The number of rotatable bonds is 8. The minimum absolute atomic E-state index is 0. The second kappa shape index (κ2) is 23.3. The van der Waals surface area contributed by atoms with Gasteiger partial charge in [-0.1, -0.05) is 123 Å². The number of allylic oxidation sites excluding steroid dienone is 2. The van der Waals surface area contributed by atoms with E-state index in [0.29, 0.717) is 37.7 Å². The van der Waals surface area contributed by atoms with Gasteiger partial charge in [0.2, 0.25) is 0 Å². The molecule has 3 aromatic heterocycles. The van der Waals surface area contributed by atoms with E-state index in [1.807, 2.05) is 78.8 Å². The summed E-state index contributed by atoms with van der Waals surface area (Å²) < 4.78 is 27.2. The number of hydrogen-bond donors (Lipinski definition) is 1. The zero-order chi connectivity index (χ0) is 51.5. The molecule has 0 spiro atoms. The fraction of sp³-hybridized carbons (Fsp3) is 0.406. The number of halogens is 1. The number of carbonyl (C=O) groups is 1. The third kappa shape index (κ3) is 13.8. The summed E-state index contributed by atoms with van der Waals surface area (Å²) in [5.74, 6) is 2.03. The zero-order valence-electron chi connectivity index (χ0n) is 44.7. The summed E-state index contributed by atoms with van der Waals surface area (Å²) in [6, 6.07) is 33.9. The van der Waals surface area contributed by atoms with Crippen LogP contribution in [0.2, 0.25) is 0 Å². The SMILES string of the molecule is CC(C)(C)CC(=O)/C=C(\O)CC(C)(C)C.CC(C)c1[c-]c(-c2nccc3cc(C4CCOCC4)c(F)cc23)c2oc3ccccc3c2c1.Cc1[c-]c(-c2nc(C)nc3cc(C4CCCC4)ccc23)cc(C)c1.[Ir]. The Hall–Kier alpha value is -5.60. The van der Waals surface area contributed by atoms with Crippen molar-refractivity contribution < 1.29 is 43.6 Å². The number of fused-ring (bicyclic) bond motifs is 5. The number of furan rings is 1. The van der Waals surface area contributed by atoms with Gasteiger partial charge in [-0.2, -0.15) is 0 Å². The van der Waals surface area contributed by atoms with Gasteiger partial charge in [-0.15, -0.1) is 52.6 Å². The van der Waals surface area contributed by atoms with Crippen LogP contribution in [0.5, 0.6) is 0 Å². The number of nitrogens with zero attached hydrogens (tertiary/aromatic N) is 3. The molecule has 1 N–H and O–H groups in total. The van der Waals surface area contributed by atoms with Crippen molar-refractivity contribution in [3.05, 3.63) is 148 Å². The molecule has 0 amide bonds. The standard InChI is InChI=1S/C29H25FNO2.C22H23N2.C13H24O2.Ir/c1-17(2)20-14-24-21-5-3-4-6-27(21)33-29(24)25(15-20)28-23-16-26(30)22(13-19(23)7-10-31-28)18-8-11-32-12-9-18;1-14-10-15(2)12-19(11-14)22-20-9-8-18(17-6-4-5-7-17)13-21(20)23-16(3)24-22;1-12(2,3)8-10(14)7-11(15)9-13(4,5)6;/h3-7,10,13-14,16-18H,8-9,11-12H2,1-2H3;8-11,13,17H,4-7H2,1-3H3;7,14H,8-9H2,1-6H3;/q2*-1;;/b;;10-7-;. The van der Waals surface area contributed by atoms with E-state index >= 15 is 4.39 Å². The maximum absolute atomic E-state index is 15.4. The fourth-order valence-corrected chi connectivity index (χ4v) is 10.4. The van der Waals surface area contributed by atoms with Crippen molar-refractivity contribution in [2.45, 2.75) is 145 Å². The molecular formula is C64H72FIrN3O4-2. The van der Waals surface area contributed by atoms with Crippen LogP contribution in [0.3, 0.4) is 0 Å².